The summed E-state index contributed by atoms with van der Waals surface area (Å²) in [4.78, 5) is 11.3. The highest BCUT2D eigenvalue weighted by Crippen LogP contribution is 2.34. The fourth-order valence-electron chi connectivity index (χ4n) is 2.39. The Labute approximate surface area is 113 Å². The van der Waals surface area contributed by atoms with Crippen molar-refractivity contribution in [3.63, 3.8) is 0 Å². The number of aromatic nitrogens is 1. The highest BCUT2D eigenvalue weighted by molar-refractivity contribution is 6.17. The number of nitrogens with zero attached hydrogens (tertiary/aromatic N) is 3. The van der Waals surface area contributed by atoms with Crippen LogP contribution < -0.4 is 4.90 Å². The van der Waals surface area contributed by atoms with Crippen LogP contribution in [0.2, 0.25) is 0 Å². The summed E-state index contributed by atoms with van der Waals surface area (Å²) in [7, 11) is 2.09. The molecule has 19 heavy (non-hydrogen) atoms. The Kier molecular flexibility index (Phi) is 2.63. The molecule has 0 bridgehead atoms. The number of para-hydroxylation sites is 1. The lowest BCUT2D eigenvalue weighted by Gasteiger charge is -2.39. The van der Waals surface area contributed by atoms with E-state index in [1.54, 1.807) is 6.20 Å². The summed E-state index contributed by atoms with van der Waals surface area (Å²) in [6.07, 6.45) is 3.66. The second-order valence-corrected chi connectivity index (χ2v) is 5.27. The van der Waals surface area contributed by atoms with Crippen LogP contribution in [-0.2, 0) is 0 Å². The van der Waals surface area contributed by atoms with Gasteiger partial charge in [0.2, 0.25) is 0 Å². The maximum absolute atomic E-state index is 4.91. The van der Waals surface area contributed by atoms with E-state index in [2.05, 4.69) is 61.1 Å². The van der Waals surface area contributed by atoms with E-state index in [1.807, 2.05) is 12.3 Å². The third-order valence-electron chi connectivity index (χ3n) is 3.66. The van der Waals surface area contributed by atoms with E-state index >= 15 is 0 Å². The van der Waals surface area contributed by atoms with Crippen molar-refractivity contribution in [1.29, 1.82) is 0 Å². The molecule has 0 fully saturated rings. The molecule has 3 heteroatoms. The summed E-state index contributed by atoms with van der Waals surface area (Å²) >= 11 is 0. The van der Waals surface area contributed by atoms with Crippen molar-refractivity contribution in [3.05, 3.63) is 59.9 Å². The van der Waals surface area contributed by atoms with Gasteiger partial charge in [0, 0.05) is 36.3 Å². The van der Waals surface area contributed by atoms with Crippen LogP contribution in [0.3, 0.4) is 0 Å². The van der Waals surface area contributed by atoms with Crippen molar-refractivity contribution < 1.29 is 0 Å². The zero-order chi connectivity index (χ0) is 13.5. The Bertz CT molecular complexity index is 629. The van der Waals surface area contributed by atoms with E-state index in [9.17, 15) is 0 Å². The van der Waals surface area contributed by atoms with Gasteiger partial charge in [-0.2, -0.15) is 0 Å². The number of benzene rings is 1. The molecule has 3 nitrogen and oxygen atoms in total. The summed E-state index contributed by atoms with van der Waals surface area (Å²) in [6.45, 7) is 4.25. The molecule has 3 rings (SSSR count). The fraction of sp³-hybridized carbons (Fsp3) is 0.250. The van der Waals surface area contributed by atoms with E-state index in [0.717, 1.165) is 16.8 Å². The second kappa shape index (κ2) is 4.19. The van der Waals surface area contributed by atoms with E-state index in [4.69, 9.17) is 4.99 Å². The number of hydrogen-bond donors (Lipinski definition) is 0. The second-order valence-electron chi connectivity index (χ2n) is 5.27. The van der Waals surface area contributed by atoms with Gasteiger partial charge in [0.1, 0.15) is 5.66 Å². The minimum atomic E-state index is -0.250. The van der Waals surface area contributed by atoms with Crippen LogP contribution in [0.1, 0.15) is 25.0 Å². The van der Waals surface area contributed by atoms with E-state index in [-0.39, 0.29) is 5.66 Å². The van der Waals surface area contributed by atoms with Gasteiger partial charge in [-0.3, -0.25) is 9.98 Å². The zero-order valence-electron chi connectivity index (χ0n) is 11.5. The van der Waals surface area contributed by atoms with Crippen molar-refractivity contribution >= 4 is 11.4 Å². The number of hydrogen-bond acceptors (Lipinski definition) is 3. The molecule has 1 aromatic carbocycles. The summed E-state index contributed by atoms with van der Waals surface area (Å²) in [5.74, 6) is 0. The van der Waals surface area contributed by atoms with Gasteiger partial charge < -0.3 is 4.90 Å². The van der Waals surface area contributed by atoms with Gasteiger partial charge in [0.25, 0.3) is 0 Å². The van der Waals surface area contributed by atoms with Gasteiger partial charge in [-0.1, -0.05) is 18.2 Å². The molecule has 1 aliphatic heterocycles. The highest BCUT2D eigenvalue weighted by Gasteiger charge is 2.31. The molecule has 0 aliphatic carbocycles. The zero-order valence-corrected chi connectivity index (χ0v) is 11.5. The third kappa shape index (κ3) is 1.91. The number of rotatable bonds is 1. The predicted octanol–water partition coefficient (Wildman–Crippen LogP) is 3.10. The lowest BCUT2D eigenvalue weighted by molar-refractivity contribution is 0.507. The number of fused-ring (bicyclic) bond motifs is 1. The normalized spacial score (nSPS) is 16.8. The first-order valence-corrected chi connectivity index (χ1v) is 6.43. The van der Waals surface area contributed by atoms with Crippen molar-refractivity contribution in [2.75, 3.05) is 11.9 Å². The molecule has 0 unspecified atom stereocenters. The van der Waals surface area contributed by atoms with Crippen LogP contribution in [0.4, 0.5) is 5.69 Å². The SMILES string of the molecule is CN1c2ccccc2C(c2cccnc2)=NC1(C)C. The monoisotopic (exact) mass is 251 g/mol. The van der Waals surface area contributed by atoms with Crippen LogP contribution in [-0.4, -0.2) is 23.4 Å². The van der Waals surface area contributed by atoms with Gasteiger partial charge in [-0.05, 0) is 32.0 Å². The van der Waals surface area contributed by atoms with Gasteiger partial charge in [-0.15, -0.1) is 0 Å². The Hall–Kier alpha value is -2.16. The molecule has 1 aliphatic rings. The van der Waals surface area contributed by atoms with Crippen LogP contribution >= 0.6 is 0 Å². The summed E-state index contributed by atoms with van der Waals surface area (Å²) in [6, 6.07) is 12.4. The number of aliphatic imine (C=N–C) groups is 1. The quantitative estimate of drug-likeness (QED) is 0.779. The van der Waals surface area contributed by atoms with Gasteiger partial charge in [0.05, 0.1) is 5.71 Å². The van der Waals surface area contributed by atoms with E-state index < -0.39 is 0 Å². The van der Waals surface area contributed by atoms with Crippen molar-refractivity contribution in [2.24, 2.45) is 4.99 Å². The van der Waals surface area contributed by atoms with E-state index in [1.165, 1.54) is 5.69 Å². The lowest BCUT2D eigenvalue weighted by Crippen LogP contribution is -2.44. The summed E-state index contributed by atoms with van der Waals surface area (Å²) in [5, 5.41) is 0. The standard InChI is InChI=1S/C16H17N3/c1-16(2)18-15(12-7-6-10-17-11-12)13-8-4-5-9-14(13)19(16)3/h4-11H,1-3H3. The lowest BCUT2D eigenvalue weighted by atomic mass is 9.96. The topological polar surface area (TPSA) is 28.5 Å². The van der Waals surface area contributed by atoms with Crippen molar-refractivity contribution in [1.82, 2.24) is 4.98 Å². The minimum absolute atomic E-state index is 0.250. The number of anilines is 1. The maximum Gasteiger partial charge on any atom is 0.126 e. The molecule has 0 radical (unpaired) electrons. The summed E-state index contributed by atoms with van der Waals surface area (Å²) < 4.78 is 0. The third-order valence-corrected chi connectivity index (χ3v) is 3.66. The first-order valence-electron chi connectivity index (χ1n) is 6.43. The van der Waals surface area contributed by atoms with E-state index in [0.29, 0.717) is 0 Å². The van der Waals surface area contributed by atoms with Crippen molar-refractivity contribution in [2.45, 2.75) is 19.5 Å². The molecule has 0 amide bonds. The first kappa shape index (κ1) is 11.9. The largest absolute Gasteiger partial charge is 0.350 e. The molecule has 0 N–H and O–H groups in total. The molecule has 0 saturated carbocycles. The molecule has 0 saturated heterocycles. The molecule has 0 spiro atoms. The molecule has 1 aromatic heterocycles. The van der Waals surface area contributed by atoms with Gasteiger partial charge in [0.15, 0.2) is 0 Å². The van der Waals surface area contributed by atoms with Gasteiger partial charge in [-0.25, -0.2) is 0 Å². The molecular weight excluding hydrogens is 234 g/mol. The Morgan fingerprint density at radius 3 is 2.58 bits per heavy atom. The summed E-state index contributed by atoms with van der Waals surface area (Å²) in [5.41, 5.74) is 4.21. The van der Waals surface area contributed by atoms with Crippen LogP contribution in [0.5, 0.6) is 0 Å². The molecule has 2 heterocycles. The Morgan fingerprint density at radius 1 is 1.05 bits per heavy atom. The molecular formula is C16H17N3. The smallest absolute Gasteiger partial charge is 0.126 e. The average molecular weight is 251 g/mol. The number of pyridine rings is 1. The van der Waals surface area contributed by atoms with Crippen LogP contribution in [0.15, 0.2) is 53.8 Å². The Balaban J connectivity index is 2.24. The van der Waals surface area contributed by atoms with Crippen LogP contribution in [0.25, 0.3) is 0 Å². The highest BCUT2D eigenvalue weighted by atomic mass is 15.3. The fourth-order valence-corrected chi connectivity index (χ4v) is 2.39. The predicted molar refractivity (Wildman–Crippen MR) is 78.8 cm³/mol. The first-order chi connectivity index (χ1) is 9.09. The molecule has 0 atom stereocenters. The van der Waals surface area contributed by atoms with Crippen molar-refractivity contribution in [3.8, 4) is 0 Å². The molecule has 2 aromatic rings. The van der Waals surface area contributed by atoms with Crippen LogP contribution in [0, 0.1) is 0 Å². The Morgan fingerprint density at radius 2 is 1.84 bits per heavy atom. The van der Waals surface area contributed by atoms with Gasteiger partial charge >= 0.3 is 0 Å². The maximum atomic E-state index is 4.91. The average Bonchev–Trinajstić information content (AvgIpc) is 2.44. The minimum Gasteiger partial charge on any atom is -0.350 e. The molecule has 96 valence electrons.